The maximum atomic E-state index is 11.5. The molecule has 0 spiro atoms. The van der Waals surface area contributed by atoms with Crippen LogP contribution in [0.5, 0.6) is 0 Å². The van der Waals surface area contributed by atoms with Gasteiger partial charge < -0.3 is 20.1 Å². The molecule has 9 heteroatoms. The van der Waals surface area contributed by atoms with Gasteiger partial charge in [0.2, 0.25) is 0 Å². The standard InChI is InChI=1S/C20H29N5O4/c1-4-29-18(26)7-8-21-19-16-11-15(5-6-17(16)23(3)22-19)13-24-9-10-25(20(27)28)14(2)12-24/h5-6,11,14H,4,7-10,12-13H2,1-3H3,(H,21,22)(H,27,28)/t14-/m0/s1. The molecule has 1 aromatic heterocycles. The second-order valence-electron chi connectivity index (χ2n) is 7.37. The van der Waals surface area contributed by atoms with E-state index in [0.29, 0.717) is 32.8 Å². The molecule has 1 aliphatic heterocycles. The van der Waals surface area contributed by atoms with Crippen LogP contribution in [0.4, 0.5) is 10.6 Å². The fraction of sp³-hybridized carbons (Fsp3) is 0.550. The Kier molecular flexibility index (Phi) is 6.58. The van der Waals surface area contributed by atoms with Gasteiger partial charge in [0.1, 0.15) is 0 Å². The number of carboxylic acid groups (broad SMARTS) is 1. The number of anilines is 1. The molecule has 9 nitrogen and oxygen atoms in total. The fourth-order valence-electron chi connectivity index (χ4n) is 3.78. The number of hydrogen-bond acceptors (Lipinski definition) is 6. The highest BCUT2D eigenvalue weighted by molar-refractivity contribution is 5.90. The summed E-state index contributed by atoms with van der Waals surface area (Å²) >= 11 is 0. The van der Waals surface area contributed by atoms with Crippen LogP contribution in [-0.2, 0) is 23.1 Å². The van der Waals surface area contributed by atoms with Crippen molar-refractivity contribution in [3.63, 3.8) is 0 Å². The molecule has 158 valence electrons. The molecule has 0 aliphatic carbocycles. The Morgan fingerprint density at radius 3 is 2.83 bits per heavy atom. The first-order valence-corrected chi connectivity index (χ1v) is 9.96. The van der Waals surface area contributed by atoms with Gasteiger partial charge in [-0.15, -0.1) is 0 Å². The number of carbonyl (C=O) groups excluding carboxylic acids is 1. The number of aryl methyl sites for hydroxylation is 1. The molecular formula is C20H29N5O4. The summed E-state index contributed by atoms with van der Waals surface area (Å²) in [4.78, 5) is 26.5. The number of hydrogen-bond donors (Lipinski definition) is 2. The zero-order valence-electron chi connectivity index (χ0n) is 17.2. The average Bonchev–Trinajstić information content (AvgIpc) is 2.97. The van der Waals surface area contributed by atoms with Crippen molar-refractivity contribution in [2.45, 2.75) is 32.9 Å². The lowest BCUT2D eigenvalue weighted by Gasteiger charge is -2.38. The average molecular weight is 403 g/mol. The number of nitrogens with zero attached hydrogens (tertiary/aromatic N) is 4. The first-order valence-electron chi connectivity index (χ1n) is 9.96. The van der Waals surface area contributed by atoms with E-state index in [-0.39, 0.29) is 18.4 Å². The lowest BCUT2D eigenvalue weighted by Crippen LogP contribution is -2.53. The Balaban J connectivity index is 1.67. The first-order chi connectivity index (χ1) is 13.9. The summed E-state index contributed by atoms with van der Waals surface area (Å²) in [6.07, 6.45) is -0.565. The first kappa shape index (κ1) is 20.9. The molecule has 0 saturated carbocycles. The van der Waals surface area contributed by atoms with E-state index in [0.717, 1.165) is 28.8 Å². The molecule has 29 heavy (non-hydrogen) atoms. The van der Waals surface area contributed by atoms with Gasteiger partial charge in [0.15, 0.2) is 5.82 Å². The summed E-state index contributed by atoms with van der Waals surface area (Å²) in [5.74, 6) is 0.522. The van der Waals surface area contributed by atoms with Crippen molar-refractivity contribution in [3.8, 4) is 0 Å². The van der Waals surface area contributed by atoms with E-state index in [1.807, 2.05) is 24.7 Å². The van der Waals surface area contributed by atoms with E-state index in [9.17, 15) is 14.7 Å². The quantitative estimate of drug-likeness (QED) is 0.683. The smallest absolute Gasteiger partial charge is 0.407 e. The number of carbonyl (C=O) groups is 2. The van der Waals surface area contributed by atoms with Crippen LogP contribution in [0.25, 0.3) is 10.9 Å². The molecule has 3 rings (SSSR count). The number of fused-ring (bicyclic) bond motifs is 1. The minimum atomic E-state index is -0.854. The van der Waals surface area contributed by atoms with Gasteiger partial charge in [0.05, 0.1) is 18.5 Å². The van der Waals surface area contributed by atoms with E-state index in [4.69, 9.17) is 4.74 Å². The zero-order valence-corrected chi connectivity index (χ0v) is 17.2. The van der Waals surface area contributed by atoms with Crippen molar-refractivity contribution in [1.29, 1.82) is 0 Å². The zero-order chi connectivity index (χ0) is 21.0. The van der Waals surface area contributed by atoms with Crippen LogP contribution in [0.2, 0.25) is 0 Å². The van der Waals surface area contributed by atoms with Gasteiger partial charge in [-0.3, -0.25) is 14.4 Å². The molecular weight excluding hydrogens is 374 g/mol. The molecule has 1 aliphatic rings. The molecule has 2 aromatic rings. The highest BCUT2D eigenvalue weighted by Gasteiger charge is 2.27. The van der Waals surface area contributed by atoms with Crippen LogP contribution in [-0.4, -0.2) is 75.6 Å². The van der Waals surface area contributed by atoms with Crippen LogP contribution in [0, 0.1) is 0 Å². The van der Waals surface area contributed by atoms with Crippen LogP contribution < -0.4 is 5.32 Å². The summed E-state index contributed by atoms with van der Waals surface area (Å²) < 4.78 is 6.78. The number of amides is 1. The van der Waals surface area contributed by atoms with Gasteiger partial charge in [0.25, 0.3) is 0 Å². The molecule has 0 unspecified atom stereocenters. The second kappa shape index (κ2) is 9.13. The van der Waals surface area contributed by atoms with Crippen molar-refractivity contribution in [3.05, 3.63) is 23.8 Å². The summed E-state index contributed by atoms with van der Waals surface area (Å²) in [7, 11) is 1.89. The summed E-state index contributed by atoms with van der Waals surface area (Å²) in [5, 5.41) is 18.0. The number of nitrogens with one attached hydrogen (secondary N) is 1. The van der Waals surface area contributed by atoms with E-state index in [2.05, 4.69) is 27.4 Å². The molecule has 1 saturated heterocycles. The summed E-state index contributed by atoms with van der Waals surface area (Å²) in [6.45, 7) is 7.28. The predicted molar refractivity (Wildman–Crippen MR) is 110 cm³/mol. The Bertz CT molecular complexity index is 881. The highest BCUT2D eigenvalue weighted by Crippen LogP contribution is 2.25. The molecule has 1 aromatic carbocycles. The molecule has 2 N–H and O–H groups in total. The molecule has 1 atom stereocenters. The topological polar surface area (TPSA) is 99.9 Å². The monoisotopic (exact) mass is 403 g/mol. The minimum Gasteiger partial charge on any atom is -0.466 e. The van der Waals surface area contributed by atoms with Crippen LogP contribution in [0.1, 0.15) is 25.8 Å². The van der Waals surface area contributed by atoms with E-state index in [1.165, 1.54) is 4.90 Å². The third-order valence-electron chi connectivity index (χ3n) is 5.21. The van der Waals surface area contributed by atoms with Crippen molar-refractivity contribution in [2.24, 2.45) is 7.05 Å². The third kappa shape index (κ3) is 4.97. The van der Waals surface area contributed by atoms with Gasteiger partial charge in [0, 0.05) is 51.2 Å². The Morgan fingerprint density at radius 2 is 2.14 bits per heavy atom. The van der Waals surface area contributed by atoms with Crippen molar-refractivity contribution >= 4 is 28.8 Å². The van der Waals surface area contributed by atoms with Crippen molar-refractivity contribution < 1.29 is 19.4 Å². The number of ether oxygens (including phenoxy) is 1. The molecule has 0 radical (unpaired) electrons. The van der Waals surface area contributed by atoms with Gasteiger partial charge >= 0.3 is 12.1 Å². The van der Waals surface area contributed by atoms with Gasteiger partial charge in [-0.1, -0.05) is 6.07 Å². The third-order valence-corrected chi connectivity index (χ3v) is 5.21. The fourth-order valence-corrected chi connectivity index (χ4v) is 3.78. The SMILES string of the molecule is CCOC(=O)CCNc1nn(C)c2ccc(CN3CCN(C(=O)O)[C@@H](C)C3)cc12. The molecule has 0 bridgehead atoms. The molecule has 1 fully saturated rings. The number of aromatic nitrogens is 2. The van der Waals surface area contributed by atoms with Gasteiger partial charge in [-0.25, -0.2) is 4.79 Å². The summed E-state index contributed by atoms with van der Waals surface area (Å²) in [5.41, 5.74) is 2.16. The molecule has 2 heterocycles. The highest BCUT2D eigenvalue weighted by atomic mass is 16.5. The second-order valence-corrected chi connectivity index (χ2v) is 7.37. The lowest BCUT2D eigenvalue weighted by molar-refractivity contribution is -0.142. The summed E-state index contributed by atoms with van der Waals surface area (Å²) in [6, 6.07) is 6.22. The number of rotatable bonds is 7. The maximum Gasteiger partial charge on any atom is 0.407 e. The van der Waals surface area contributed by atoms with Crippen LogP contribution in [0.3, 0.4) is 0 Å². The van der Waals surface area contributed by atoms with Crippen LogP contribution >= 0.6 is 0 Å². The van der Waals surface area contributed by atoms with Crippen molar-refractivity contribution in [2.75, 3.05) is 38.1 Å². The largest absolute Gasteiger partial charge is 0.466 e. The minimum absolute atomic E-state index is 0.0246. The maximum absolute atomic E-state index is 11.5. The van der Waals surface area contributed by atoms with E-state index < -0.39 is 6.09 Å². The Hall–Kier alpha value is -2.81. The number of esters is 1. The van der Waals surface area contributed by atoms with Gasteiger partial charge in [-0.2, -0.15) is 5.10 Å². The molecule has 1 amide bonds. The predicted octanol–water partition coefficient (Wildman–Crippen LogP) is 2.12. The van der Waals surface area contributed by atoms with Gasteiger partial charge in [-0.05, 0) is 31.5 Å². The Morgan fingerprint density at radius 1 is 1.34 bits per heavy atom. The van der Waals surface area contributed by atoms with E-state index in [1.54, 1.807) is 6.92 Å². The normalized spacial score (nSPS) is 17.5. The van der Waals surface area contributed by atoms with Crippen LogP contribution in [0.15, 0.2) is 18.2 Å². The number of benzene rings is 1. The number of piperazine rings is 1. The van der Waals surface area contributed by atoms with Crippen molar-refractivity contribution in [1.82, 2.24) is 19.6 Å². The Labute approximate surface area is 170 Å². The lowest BCUT2D eigenvalue weighted by atomic mass is 10.1. The van der Waals surface area contributed by atoms with E-state index >= 15 is 0 Å².